The van der Waals surface area contributed by atoms with Crippen LogP contribution in [-0.2, 0) is 0 Å². The van der Waals surface area contributed by atoms with E-state index in [-0.39, 0.29) is 0 Å². The lowest BCUT2D eigenvalue weighted by Gasteiger charge is -2.26. The predicted octanol–water partition coefficient (Wildman–Crippen LogP) is 6.55. The van der Waals surface area contributed by atoms with Crippen LogP contribution in [0.15, 0.2) is 0 Å². The maximum Gasteiger partial charge on any atom is -0.0380 e. The van der Waals surface area contributed by atoms with Gasteiger partial charge in [-0.2, -0.15) is 0 Å². The molecule has 0 aliphatic carbocycles. The molecule has 0 aromatic heterocycles. The van der Waals surface area contributed by atoms with Gasteiger partial charge in [0.1, 0.15) is 0 Å². The summed E-state index contributed by atoms with van der Waals surface area (Å²) in [4.78, 5) is 0. The Hall–Kier alpha value is 0. The number of hydrogen-bond donors (Lipinski definition) is 0. The molecule has 0 N–H and O–H groups in total. The van der Waals surface area contributed by atoms with Gasteiger partial charge in [-0.3, -0.25) is 0 Å². The van der Waals surface area contributed by atoms with Crippen molar-refractivity contribution < 1.29 is 0 Å². The number of hydrogen-bond acceptors (Lipinski definition) is 0. The van der Waals surface area contributed by atoms with E-state index in [9.17, 15) is 0 Å². The Balaban J connectivity index is 3.84. The highest BCUT2D eigenvalue weighted by molar-refractivity contribution is 4.69. The third-order valence-corrected chi connectivity index (χ3v) is 4.25. The summed E-state index contributed by atoms with van der Waals surface area (Å²) < 4.78 is 0. The van der Waals surface area contributed by atoms with Gasteiger partial charge in [0.25, 0.3) is 0 Å². The van der Waals surface area contributed by atoms with Crippen molar-refractivity contribution >= 4 is 0 Å². The molecule has 0 aliphatic heterocycles. The van der Waals surface area contributed by atoms with Crippen molar-refractivity contribution in [2.24, 2.45) is 29.1 Å². The van der Waals surface area contributed by atoms with Crippen LogP contribution in [-0.4, -0.2) is 0 Å². The second-order valence-corrected chi connectivity index (χ2v) is 8.37. The minimum absolute atomic E-state index is 0.492. The average Bonchev–Trinajstić information content (AvgIpc) is 2.19. The highest BCUT2D eigenvalue weighted by Gasteiger charge is 2.18. The Bertz CT molecular complexity index is 197. The molecule has 110 valence electrons. The molecule has 0 heterocycles. The zero-order chi connectivity index (χ0) is 14.3. The topological polar surface area (TPSA) is 0 Å². The first-order valence-corrected chi connectivity index (χ1v) is 8.11. The standard InChI is InChI=1S/C18H38/c1-14(2)9-11-16(4)17(5)12-10-15(3)13-18(6,7)8/h14-17H,9-13H2,1-8H3. The van der Waals surface area contributed by atoms with Crippen LogP contribution in [0.2, 0.25) is 0 Å². The quantitative estimate of drug-likeness (QED) is 0.461. The molecule has 0 aromatic rings. The maximum atomic E-state index is 2.45. The van der Waals surface area contributed by atoms with E-state index in [4.69, 9.17) is 0 Å². The van der Waals surface area contributed by atoms with E-state index in [0.29, 0.717) is 5.41 Å². The summed E-state index contributed by atoms with van der Waals surface area (Å²) in [6.45, 7) is 19.1. The number of rotatable bonds is 8. The summed E-state index contributed by atoms with van der Waals surface area (Å²) >= 11 is 0. The van der Waals surface area contributed by atoms with Gasteiger partial charge in [-0.25, -0.2) is 0 Å². The zero-order valence-corrected chi connectivity index (χ0v) is 14.3. The zero-order valence-electron chi connectivity index (χ0n) is 14.3. The minimum atomic E-state index is 0.492. The van der Waals surface area contributed by atoms with E-state index in [0.717, 1.165) is 23.7 Å². The summed E-state index contributed by atoms with van der Waals surface area (Å²) in [6, 6.07) is 0. The van der Waals surface area contributed by atoms with Crippen molar-refractivity contribution in [2.45, 2.75) is 87.5 Å². The fourth-order valence-electron chi connectivity index (χ4n) is 2.86. The van der Waals surface area contributed by atoms with Gasteiger partial charge in [0, 0.05) is 0 Å². The third kappa shape index (κ3) is 9.97. The van der Waals surface area contributed by atoms with E-state index < -0.39 is 0 Å². The van der Waals surface area contributed by atoms with Crippen molar-refractivity contribution in [1.82, 2.24) is 0 Å². The molecule has 0 radical (unpaired) electrons. The van der Waals surface area contributed by atoms with Crippen molar-refractivity contribution in [3.8, 4) is 0 Å². The van der Waals surface area contributed by atoms with Gasteiger partial charge in [0.15, 0.2) is 0 Å². The lowest BCUT2D eigenvalue weighted by Crippen LogP contribution is -2.14. The average molecular weight is 255 g/mol. The Morgan fingerprint density at radius 3 is 1.50 bits per heavy atom. The monoisotopic (exact) mass is 254 g/mol. The largest absolute Gasteiger partial charge is 0.0628 e. The summed E-state index contributed by atoms with van der Waals surface area (Å²) in [7, 11) is 0. The molecule has 0 heteroatoms. The highest BCUT2D eigenvalue weighted by Crippen LogP contribution is 2.30. The van der Waals surface area contributed by atoms with Crippen LogP contribution < -0.4 is 0 Å². The molecule has 0 saturated carbocycles. The third-order valence-electron chi connectivity index (χ3n) is 4.25. The predicted molar refractivity (Wildman–Crippen MR) is 84.9 cm³/mol. The molecule has 3 atom stereocenters. The van der Waals surface area contributed by atoms with Gasteiger partial charge in [-0.15, -0.1) is 0 Å². The molecule has 0 spiro atoms. The molecule has 3 unspecified atom stereocenters. The molecule has 0 saturated heterocycles. The van der Waals surface area contributed by atoms with Crippen molar-refractivity contribution in [2.75, 3.05) is 0 Å². The second kappa shape index (κ2) is 8.23. The molecule has 0 aromatic carbocycles. The maximum absolute atomic E-state index is 2.45. The van der Waals surface area contributed by atoms with Gasteiger partial charge in [0.2, 0.25) is 0 Å². The van der Waals surface area contributed by atoms with Crippen LogP contribution in [0.1, 0.15) is 87.5 Å². The van der Waals surface area contributed by atoms with Gasteiger partial charge < -0.3 is 0 Å². The summed E-state index contributed by atoms with van der Waals surface area (Å²) in [5.74, 6) is 3.53. The molecule has 0 bridgehead atoms. The summed E-state index contributed by atoms with van der Waals surface area (Å²) in [6.07, 6.45) is 6.98. The molecule has 0 fully saturated rings. The first kappa shape index (κ1) is 18.0. The van der Waals surface area contributed by atoms with E-state index in [1.807, 2.05) is 0 Å². The lowest BCUT2D eigenvalue weighted by atomic mass is 9.80. The van der Waals surface area contributed by atoms with Crippen LogP contribution in [0.5, 0.6) is 0 Å². The van der Waals surface area contributed by atoms with Crippen LogP contribution in [0.3, 0.4) is 0 Å². The first-order chi connectivity index (χ1) is 8.11. The molecular formula is C18H38. The molecule has 18 heavy (non-hydrogen) atoms. The molecule has 0 amide bonds. The molecule has 0 aliphatic rings. The van der Waals surface area contributed by atoms with E-state index in [1.54, 1.807) is 0 Å². The van der Waals surface area contributed by atoms with E-state index in [1.165, 1.54) is 32.1 Å². The highest BCUT2D eigenvalue weighted by atomic mass is 14.2. The van der Waals surface area contributed by atoms with Crippen LogP contribution in [0, 0.1) is 29.1 Å². The molecule has 0 nitrogen and oxygen atoms in total. The second-order valence-electron chi connectivity index (χ2n) is 8.37. The normalized spacial score (nSPS) is 17.8. The fraction of sp³-hybridized carbons (Fsp3) is 1.00. The first-order valence-electron chi connectivity index (χ1n) is 8.11. The van der Waals surface area contributed by atoms with Gasteiger partial charge in [-0.05, 0) is 35.5 Å². The van der Waals surface area contributed by atoms with E-state index >= 15 is 0 Å². The van der Waals surface area contributed by atoms with Gasteiger partial charge in [0.05, 0.1) is 0 Å². The van der Waals surface area contributed by atoms with Crippen LogP contribution in [0.25, 0.3) is 0 Å². The molecular weight excluding hydrogens is 216 g/mol. The Morgan fingerprint density at radius 2 is 1.11 bits per heavy atom. The van der Waals surface area contributed by atoms with Crippen LogP contribution >= 0.6 is 0 Å². The van der Waals surface area contributed by atoms with Gasteiger partial charge in [-0.1, -0.05) is 81.1 Å². The summed E-state index contributed by atoms with van der Waals surface area (Å²) in [5.41, 5.74) is 0.492. The van der Waals surface area contributed by atoms with E-state index in [2.05, 4.69) is 55.4 Å². The van der Waals surface area contributed by atoms with Gasteiger partial charge >= 0.3 is 0 Å². The van der Waals surface area contributed by atoms with Crippen LogP contribution in [0.4, 0.5) is 0 Å². The lowest BCUT2D eigenvalue weighted by molar-refractivity contribution is 0.257. The van der Waals surface area contributed by atoms with Crippen molar-refractivity contribution in [3.05, 3.63) is 0 Å². The Morgan fingerprint density at radius 1 is 0.667 bits per heavy atom. The van der Waals surface area contributed by atoms with Crippen molar-refractivity contribution in [3.63, 3.8) is 0 Å². The molecule has 0 rings (SSSR count). The van der Waals surface area contributed by atoms with Crippen molar-refractivity contribution in [1.29, 1.82) is 0 Å². The smallest absolute Gasteiger partial charge is 0.0380 e. The Labute approximate surface area is 117 Å². The summed E-state index contributed by atoms with van der Waals surface area (Å²) in [5, 5.41) is 0. The Kier molecular flexibility index (Phi) is 8.23. The fourth-order valence-corrected chi connectivity index (χ4v) is 2.86. The minimum Gasteiger partial charge on any atom is -0.0628 e. The SMILES string of the molecule is CC(C)CCC(C)C(C)CCC(C)CC(C)(C)C.